The smallest absolute Gasteiger partial charge is 0.0541 e. The number of rotatable bonds is 8. The summed E-state index contributed by atoms with van der Waals surface area (Å²) in [4.78, 5) is 0. The quantitative estimate of drug-likeness (QED) is 0.134. The van der Waals surface area contributed by atoms with Gasteiger partial charge in [-0.25, -0.2) is 0 Å². The van der Waals surface area contributed by atoms with Gasteiger partial charge in [-0.05, 0) is 171 Å². The summed E-state index contributed by atoms with van der Waals surface area (Å²) in [5.41, 5.74) is 22.1. The molecule has 0 spiro atoms. The molecule has 85 heavy (non-hydrogen) atoms. The Bertz CT molecular complexity index is 5180. The number of para-hydroxylation sites is 2. The van der Waals surface area contributed by atoms with E-state index in [0.717, 1.165) is 0 Å². The van der Waals surface area contributed by atoms with Crippen LogP contribution in [-0.4, -0.2) is 9.13 Å². The van der Waals surface area contributed by atoms with Gasteiger partial charge in [0.05, 0.1) is 22.1 Å². The SMILES string of the molecule is CC1(C)c2cc(C=Cc3ccc(-c4ccc5c(c4)c4ccccc4n5-c4ccc5ccccc5c4)c4ccccc34)ccc2-c2ccc(C=Cc3ccc(-c4ccc5c(c4)c4ccccc4n5-c4ccc5ccccc5c4)c4ccccc34)cc21. The summed E-state index contributed by atoms with van der Waals surface area (Å²) in [6, 6.07) is 103. The van der Waals surface area contributed by atoms with Crippen molar-refractivity contribution in [3.8, 4) is 44.8 Å². The lowest BCUT2D eigenvalue weighted by Crippen LogP contribution is -2.15. The van der Waals surface area contributed by atoms with Crippen LogP contribution in [-0.2, 0) is 5.41 Å². The van der Waals surface area contributed by atoms with Crippen molar-refractivity contribution in [3.63, 3.8) is 0 Å². The fourth-order valence-electron chi connectivity index (χ4n) is 14.3. The Balaban J connectivity index is 0.650. The molecule has 17 rings (SSSR count). The maximum absolute atomic E-state index is 2.42. The largest absolute Gasteiger partial charge is 0.309 e. The molecule has 2 aromatic heterocycles. The highest BCUT2D eigenvalue weighted by atomic mass is 15.0. The van der Waals surface area contributed by atoms with Crippen LogP contribution in [0.2, 0.25) is 0 Å². The highest BCUT2D eigenvalue weighted by Gasteiger charge is 2.35. The van der Waals surface area contributed by atoms with E-state index in [-0.39, 0.29) is 5.41 Å². The Hall–Kier alpha value is -10.8. The van der Waals surface area contributed by atoms with Crippen LogP contribution >= 0.6 is 0 Å². The van der Waals surface area contributed by atoms with Crippen LogP contribution < -0.4 is 0 Å². The zero-order valence-corrected chi connectivity index (χ0v) is 47.3. The molecule has 2 heteroatoms. The number of aromatic nitrogens is 2. The van der Waals surface area contributed by atoms with Crippen molar-refractivity contribution in [1.82, 2.24) is 9.13 Å². The molecule has 2 heterocycles. The third-order valence-electron chi connectivity index (χ3n) is 18.5. The summed E-state index contributed by atoms with van der Waals surface area (Å²) < 4.78 is 4.83. The summed E-state index contributed by atoms with van der Waals surface area (Å²) in [6.45, 7) is 4.77. The average molecular weight is 1080 g/mol. The van der Waals surface area contributed by atoms with E-state index in [0.29, 0.717) is 0 Å². The molecular formula is C83H56N2. The van der Waals surface area contributed by atoms with Crippen LogP contribution in [0.3, 0.4) is 0 Å². The van der Waals surface area contributed by atoms with Crippen LogP contribution in [0.1, 0.15) is 47.2 Å². The Labute approximate surface area is 493 Å². The second-order valence-electron chi connectivity index (χ2n) is 23.6. The second kappa shape index (κ2) is 19.1. The van der Waals surface area contributed by atoms with Crippen LogP contribution in [0.25, 0.3) is 156 Å². The van der Waals surface area contributed by atoms with Gasteiger partial charge >= 0.3 is 0 Å². The first kappa shape index (κ1) is 48.9. The first-order valence-corrected chi connectivity index (χ1v) is 29.6. The molecule has 0 saturated carbocycles. The molecule has 398 valence electrons. The first-order chi connectivity index (χ1) is 41.9. The fraction of sp³-hybridized carbons (Fsp3) is 0.0361. The molecule has 1 aliphatic rings. The van der Waals surface area contributed by atoms with Gasteiger partial charge < -0.3 is 9.13 Å². The van der Waals surface area contributed by atoms with E-state index in [9.17, 15) is 0 Å². The van der Waals surface area contributed by atoms with Gasteiger partial charge in [-0.2, -0.15) is 0 Å². The van der Waals surface area contributed by atoms with Crippen molar-refractivity contribution in [3.05, 3.63) is 312 Å². The summed E-state index contributed by atoms with van der Waals surface area (Å²) in [5.74, 6) is 0. The van der Waals surface area contributed by atoms with Crippen molar-refractivity contribution in [1.29, 1.82) is 0 Å². The summed E-state index contributed by atoms with van der Waals surface area (Å²) >= 11 is 0. The van der Waals surface area contributed by atoms with E-state index in [1.807, 2.05) is 0 Å². The van der Waals surface area contributed by atoms with E-state index in [2.05, 4.69) is 326 Å². The van der Waals surface area contributed by atoms with Gasteiger partial charge in [0.15, 0.2) is 0 Å². The summed E-state index contributed by atoms with van der Waals surface area (Å²) in [7, 11) is 0. The summed E-state index contributed by atoms with van der Waals surface area (Å²) in [5, 5.41) is 15.0. The van der Waals surface area contributed by atoms with Gasteiger partial charge in [0.25, 0.3) is 0 Å². The van der Waals surface area contributed by atoms with Crippen molar-refractivity contribution in [2.24, 2.45) is 0 Å². The number of fused-ring (bicyclic) bond motifs is 13. The molecule has 14 aromatic carbocycles. The van der Waals surface area contributed by atoms with Gasteiger partial charge in [-0.3, -0.25) is 0 Å². The molecule has 0 fully saturated rings. The fourth-order valence-corrected chi connectivity index (χ4v) is 14.3. The minimum Gasteiger partial charge on any atom is -0.309 e. The highest BCUT2D eigenvalue weighted by Crippen LogP contribution is 2.50. The van der Waals surface area contributed by atoms with Crippen LogP contribution in [0.15, 0.2) is 279 Å². The van der Waals surface area contributed by atoms with Crippen LogP contribution in [0.4, 0.5) is 0 Å². The minimum atomic E-state index is -0.174. The maximum Gasteiger partial charge on any atom is 0.0541 e. The van der Waals surface area contributed by atoms with E-state index < -0.39 is 0 Å². The lowest BCUT2D eigenvalue weighted by atomic mass is 9.81. The molecule has 0 amide bonds. The van der Waals surface area contributed by atoms with Crippen LogP contribution in [0, 0.1) is 0 Å². The van der Waals surface area contributed by atoms with E-state index in [1.54, 1.807) is 0 Å². The molecule has 1 aliphatic carbocycles. The Morgan fingerprint density at radius 1 is 0.259 bits per heavy atom. The molecule has 0 N–H and O–H groups in total. The Kier molecular flexibility index (Phi) is 11.0. The van der Waals surface area contributed by atoms with E-state index in [1.165, 1.54) is 165 Å². The maximum atomic E-state index is 2.42. The monoisotopic (exact) mass is 1080 g/mol. The summed E-state index contributed by atoms with van der Waals surface area (Å²) in [6.07, 6.45) is 9.19. The number of hydrogen-bond donors (Lipinski definition) is 0. The topological polar surface area (TPSA) is 9.86 Å². The predicted octanol–water partition coefficient (Wildman–Crippen LogP) is 22.5. The van der Waals surface area contributed by atoms with Crippen molar-refractivity contribution in [2.45, 2.75) is 19.3 Å². The number of hydrogen-bond acceptors (Lipinski definition) is 0. The lowest BCUT2D eigenvalue weighted by Gasteiger charge is -2.22. The van der Waals surface area contributed by atoms with Gasteiger partial charge in [-0.15, -0.1) is 0 Å². The van der Waals surface area contributed by atoms with Crippen molar-refractivity contribution in [2.75, 3.05) is 0 Å². The lowest BCUT2D eigenvalue weighted by molar-refractivity contribution is 0.660. The first-order valence-electron chi connectivity index (χ1n) is 29.6. The minimum absolute atomic E-state index is 0.174. The van der Waals surface area contributed by atoms with E-state index >= 15 is 0 Å². The van der Waals surface area contributed by atoms with E-state index in [4.69, 9.17) is 0 Å². The average Bonchev–Trinajstić information content (AvgIpc) is 1.98. The standard InChI is InChI=1S/C83H56N2/c1-83(2)77-47-53(27-31-57-35-43-67(69-21-9-7-19-65(57)69)61-37-45-81-75(51-61)73-23-11-13-25-79(73)84(81)63-39-33-55-15-3-5-17-59(55)49-63)29-41-71(77)72-42-30-54(48-78(72)83)28-32-58-36-44-68(70-22-10-8-20-66(58)70)62-38-46-82-76(52-62)74-24-12-14-26-80(74)85(82)64-40-34-56-16-4-6-18-60(56)50-64/h3-52H,1-2H3. The molecule has 0 unspecified atom stereocenters. The molecule has 0 atom stereocenters. The van der Waals surface area contributed by atoms with Gasteiger partial charge in [0.1, 0.15) is 0 Å². The van der Waals surface area contributed by atoms with Gasteiger partial charge in [0, 0.05) is 38.3 Å². The van der Waals surface area contributed by atoms with Gasteiger partial charge in [-0.1, -0.05) is 257 Å². The normalized spacial score (nSPS) is 13.1. The highest BCUT2D eigenvalue weighted by molar-refractivity contribution is 6.14. The zero-order valence-electron chi connectivity index (χ0n) is 47.3. The molecule has 0 bridgehead atoms. The molecule has 2 nitrogen and oxygen atoms in total. The van der Waals surface area contributed by atoms with Crippen LogP contribution in [0.5, 0.6) is 0 Å². The van der Waals surface area contributed by atoms with Crippen molar-refractivity contribution >= 4 is 111 Å². The number of nitrogens with zero attached hydrogens (tertiary/aromatic N) is 2. The molecule has 0 saturated heterocycles. The Morgan fingerprint density at radius 2 is 0.635 bits per heavy atom. The molecular weight excluding hydrogens is 1020 g/mol. The zero-order chi connectivity index (χ0) is 56.3. The second-order valence-corrected chi connectivity index (χ2v) is 23.6. The molecule has 16 aromatic rings. The van der Waals surface area contributed by atoms with Crippen molar-refractivity contribution < 1.29 is 0 Å². The third-order valence-corrected chi connectivity index (χ3v) is 18.5. The number of benzene rings is 14. The molecule has 0 aliphatic heterocycles. The predicted molar refractivity (Wildman–Crippen MR) is 364 cm³/mol. The van der Waals surface area contributed by atoms with Gasteiger partial charge in [0.2, 0.25) is 0 Å². The Morgan fingerprint density at radius 3 is 1.09 bits per heavy atom. The molecule has 0 radical (unpaired) electrons. The third kappa shape index (κ3) is 7.87.